The molecule has 1 atom stereocenters. The zero-order valence-electron chi connectivity index (χ0n) is 9.24. The van der Waals surface area contributed by atoms with Crippen LogP contribution in [0.3, 0.4) is 0 Å². The fraction of sp³-hybridized carbons (Fsp3) is 0.333. The second-order valence-corrected chi connectivity index (χ2v) is 5.64. The first-order valence-electron chi connectivity index (χ1n) is 5.27. The molecule has 17 heavy (non-hydrogen) atoms. The molecule has 90 valence electrons. The molecule has 0 fully saturated rings. The molecule has 1 heterocycles. The van der Waals surface area contributed by atoms with Crippen molar-refractivity contribution in [1.29, 1.82) is 0 Å². The zero-order chi connectivity index (χ0) is 12.6. The number of carbonyl (C=O) groups is 2. The number of nitrogens with zero attached hydrogens (tertiary/aromatic N) is 1. The zero-order valence-corrected chi connectivity index (χ0v) is 12.4. The number of hydrogen-bond donors (Lipinski definition) is 0. The monoisotopic (exact) mass is 359 g/mol. The van der Waals surface area contributed by atoms with Gasteiger partial charge in [0, 0.05) is 16.3 Å². The first-order chi connectivity index (χ1) is 8.06. The van der Waals surface area contributed by atoms with Gasteiger partial charge in [0.15, 0.2) is 0 Å². The van der Waals surface area contributed by atoms with Gasteiger partial charge in [-0.25, -0.2) is 0 Å². The van der Waals surface area contributed by atoms with Crippen molar-refractivity contribution >= 4 is 49.2 Å². The lowest BCUT2D eigenvalue weighted by molar-refractivity contribution is -0.114. The lowest BCUT2D eigenvalue weighted by atomic mass is 10.1. The molecule has 1 aromatic rings. The summed E-state index contributed by atoms with van der Waals surface area (Å²) in [5, 5.41) is 0.796. The normalized spacial score (nSPS) is 16.3. The van der Waals surface area contributed by atoms with Crippen LogP contribution in [0.2, 0.25) is 0 Å². The summed E-state index contributed by atoms with van der Waals surface area (Å²) in [5.41, 5.74) is 1.20. The van der Waals surface area contributed by atoms with Crippen molar-refractivity contribution in [3.05, 3.63) is 28.2 Å². The second kappa shape index (κ2) is 4.90. The third kappa shape index (κ3) is 2.18. The van der Waals surface area contributed by atoms with E-state index in [9.17, 15) is 9.59 Å². The Kier molecular flexibility index (Phi) is 3.68. The number of benzene rings is 1. The van der Waals surface area contributed by atoms with E-state index in [4.69, 9.17) is 0 Å². The van der Waals surface area contributed by atoms with Gasteiger partial charge in [-0.2, -0.15) is 0 Å². The highest BCUT2D eigenvalue weighted by Crippen LogP contribution is 2.36. The number of para-hydroxylation sites is 1. The summed E-state index contributed by atoms with van der Waals surface area (Å²) < 4.78 is 0.788. The van der Waals surface area contributed by atoms with E-state index in [-0.39, 0.29) is 0 Å². The fourth-order valence-corrected chi connectivity index (χ4v) is 2.63. The van der Waals surface area contributed by atoms with Gasteiger partial charge >= 0.3 is 0 Å². The van der Waals surface area contributed by atoms with Crippen molar-refractivity contribution < 1.29 is 9.59 Å². The van der Waals surface area contributed by atoms with Crippen LogP contribution in [0.1, 0.15) is 17.3 Å². The van der Waals surface area contributed by atoms with E-state index in [1.54, 1.807) is 17.0 Å². The van der Waals surface area contributed by atoms with Gasteiger partial charge in [-0.1, -0.05) is 28.9 Å². The Hall–Kier alpha value is -0.680. The molecule has 1 aliphatic rings. The first-order valence-corrected chi connectivity index (χ1v) is 7.18. The maximum Gasteiger partial charge on any atom is 0.299 e. The van der Waals surface area contributed by atoms with E-state index in [1.165, 1.54) is 0 Å². The van der Waals surface area contributed by atoms with Crippen molar-refractivity contribution in [3.8, 4) is 0 Å². The van der Waals surface area contributed by atoms with Gasteiger partial charge < -0.3 is 4.90 Å². The minimum Gasteiger partial charge on any atom is -0.303 e. The second-order valence-electron chi connectivity index (χ2n) is 4.14. The predicted molar refractivity (Wildman–Crippen MR) is 73.8 cm³/mol. The Morgan fingerprint density at radius 1 is 1.35 bits per heavy atom. The van der Waals surface area contributed by atoms with E-state index in [0.717, 1.165) is 9.80 Å². The highest BCUT2D eigenvalue weighted by atomic mass is 79.9. The van der Waals surface area contributed by atoms with E-state index in [1.807, 2.05) is 13.0 Å². The largest absolute Gasteiger partial charge is 0.303 e. The summed E-state index contributed by atoms with van der Waals surface area (Å²) in [6.45, 7) is 2.58. The lowest BCUT2D eigenvalue weighted by Crippen LogP contribution is -2.34. The van der Waals surface area contributed by atoms with Crippen molar-refractivity contribution in [3.63, 3.8) is 0 Å². The number of carbonyl (C=O) groups excluding carboxylic acids is 2. The molecule has 0 bridgehead atoms. The van der Waals surface area contributed by atoms with Crippen LogP contribution in [0.4, 0.5) is 5.69 Å². The smallest absolute Gasteiger partial charge is 0.299 e. The molecule has 1 amide bonds. The first kappa shape index (κ1) is 12.8. The van der Waals surface area contributed by atoms with E-state index in [2.05, 4.69) is 31.9 Å². The van der Waals surface area contributed by atoms with Gasteiger partial charge in [0.2, 0.25) is 0 Å². The van der Waals surface area contributed by atoms with Gasteiger partial charge in [0.25, 0.3) is 11.7 Å². The van der Waals surface area contributed by atoms with Crippen molar-refractivity contribution in [1.82, 2.24) is 0 Å². The third-order valence-corrected chi connectivity index (χ3v) is 4.44. The number of ketones is 1. The quantitative estimate of drug-likeness (QED) is 0.613. The predicted octanol–water partition coefficient (Wildman–Crippen LogP) is 3.01. The van der Waals surface area contributed by atoms with Gasteiger partial charge in [-0.3, -0.25) is 9.59 Å². The van der Waals surface area contributed by atoms with Gasteiger partial charge in [-0.05, 0) is 34.0 Å². The van der Waals surface area contributed by atoms with Crippen LogP contribution in [0.15, 0.2) is 22.7 Å². The molecule has 0 N–H and O–H groups in total. The Labute approximate surface area is 116 Å². The minimum atomic E-state index is -0.431. The molecule has 1 aliphatic heterocycles. The highest BCUT2D eigenvalue weighted by molar-refractivity contribution is 9.10. The number of anilines is 1. The number of rotatable bonds is 3. The molecule has 0 spiro atoms. The number of Topliss-reactive ketones (excluding diaryl/α,β-unsaturated/α-hetero) is 1. The highest BCUT2D eigenvalue weighted by Gasteiger charge is 2.37. The lowest BCUT2D eigenvalue weighted by Gasteiger charge is -2.20. The Morgan fingerprint density at radius 3 is 2.71 bits per heavy atom. The molecular formula is C12H11Br2NO2. The molecule has 0 aromatic heterocycles. The van der Waals surface area contributed by atoms with E-state index in [0.29, 0.717) is 23.7 Å². The summed E-state index contributed by atoms with van der Waals surface area (Å²) in [6.07, 6.45) is 0. The molecule has 5 heteroatoms. The molecule has 0 saturated carbocycles. The van der Waals surface area contributed by atoms with Crippen LogP contribution < -0.4 is 4.90 Å². The average molecular weight is 361 g/mol. The molecule has 0 radical (unpaired) electrons. The number of alkyl halides is 1. The van der Waals surface area contributed by atoms with Crippen LogP contribution in [-0.4, -0.2) is 23.6 Å². The standard InChI is InChI=1S/C12H11Br2NO2/c1-7(5-13)6-15-10-8(11(16)12(15)17)3-2-4-9(10)14/h2-4,7H,5-6H2,1H3. The summed E-state index contributed by atoms with van der Waals surface area (Å²) in [5.74, 6) is -0.549. The molecule has 2 rings (SSSR count). The van der Waals surface area contributed by atoms with Crippen LogP contribution in [0, 0.1) is 5.92 Å². The number of hydrogen-bond acceptors (Lipinski definition) is 2. The van der Waals surface area contributed by atoms with Crippen molar-refractivity contribution in [2.45, 2.75) is 6.92 Å². The maximum absolute atomic E-state index is 11.9. The van der Waals surface area contributed by atoms with Gasteiger partial charge in [0.1, 0.15) is 0 Å². The minimum absolute atomic E-state index is 0.296. The summed E-state index contributed by atoms with van der Waals surface area (Å²) in [7, 11) is 0. The van der Waals surface area contributed by atoms with Crippen LogP contribution in [-0.2, 0) is 4.79 Å². The van der Waals surface area contributed by atoms with Crippen molar-refractivity contribution in [2.24, 2.45) is 5.92 Å². The van der Waals surface area contributed by atoms with Gasteiger partial charge in [-0.15, -0.1) is 0 Å². The summed E-state index contributed by atoms with van der Waals surface area (Å²) in [6, 6.07) is 5.31. The van der Waals surface area contributed by atoms with Crippen LogP contribution in [0.5, 0.6) is 0 Å². The fourth-order valence-electron chi connectivity index (χ4n) is 1.85. The molecule has 0 aliphatic carbocycles. The molecule has 1 unspecified atom stereocenters. The Balaban J connectivity index is 2.43. The molecule has 3 nitrogen and oxygen atoms in total. The third-order valence-electron chi connectivity index (χ3n) is 2.70. The van der Waals surface area contributed by atoms with E-state index >= 15 is 0 Å². The number of fused-ring (bicyclic) bond motifs is 1. The molecular weight excluding hydrogens is 350 g/mol. The average Bonchev–Trinajstić information content (AvgIpc) is 2.56. The molecule has 1 aromatic carbocycles. The molecule has 0 saturated heterocycles. The van der Waals surface area contributed by atoms with E-state index < -0.39 is 11.7 Å². The Morgan fingerprint density at radius 2 is 2.06 bits per heavy atom. The maximum atomic E-state index is 11.9. The van der Waals surface area contributed by atoms with Crippen molar-refractivity contribution in [2.75, 3.05) is 16.8 Å². The number of amides is 1. The summed E-state index contributed by atoms with van der Waals surface area (Å²) in [4.78, 5) is 25.3. The topological polar surface area (TPSA) is 37.4 Å². The van der Waals surface area contributed by atoms with Gasteiger partial charge in [0.05, 0.1) is 11.3 Å². The SMILES string of the molecule is CC(CBr)CN1C(=O)C(=O)c2cccc(Br)c21. The van der Waals surface area contributed by atoms with Crippen LogP contribution >= 0.6 is 31.9 Å². The Bertz CT molecular complexity index is 487. The number of halogens is 2. The van der Waals surface area contributed by atoms with Crippen LogP contribution in [0.25, 0.3) is 0 Å². The summed E-state index contributed by atoms with van der Waals surface area (Å²) >= 11 is 6.78.